The molecule has 0 aromatic heterocycles. The largest absolute Gasteiger partial charge is 0.349 e. The molecule has 0 aliphatic carbocycles. The third kappa shape index (κ3) is 2.86. The van der Waals surface area contributed by atoms with Crippen LogP contribution in [0.4, 0.5) is 10.1 Å². The zero-order valence-corrected chi connectivity index (χ0v) is 13.3. The number of halogens is 1. The number of nitrogens with zero attached hydrogens (tertiary/aromatic N) is 2. The van der Waals surface area contributed by atoms with Crippen LogP contribution in [0.15, 0.2) is 60.5 Å². The van der Waals surface area contributed by atoms with Gasteiger partial charge in [-0.25, -0.2) is 4.39 Å². The number of allylic oxidation sites excluding steroid dienone is 3. The summed E-state index contributed by atoms with van der Waals surface area (Å²) in [6.07, 6.45) is 10.5. The van der Waals surface area contributed by atoms with Gasteiger partial charge < -0.3 is 4.90 Å². The van der Waals surface area contributed by atoms with Crippen molar-refractivity contribution in [2.75, 3.05) is 11.6 Å². The highest BCUT2D eigenvalue weighted by Crippen LogP contribution is 2.32. The molecule has 0 spiro atoms. The third-order valence-corrected chi connectivity index (χ3v) is 3.90. The molecule has 0 amide bonds. The Kier molecular flexibility index (Phi) is 3.69. The van der Waals surface area contributed by atoms with Gasteiger partial charge in [0.2, 0.25) is 0 Å². The number of nitrogens with one attached hydrogen (secondary N) is 1. The average Bonchev–Trinajstić information content (AvgIpc) is 2.93. The smallest absolute Gasteiger partial charge is 0.142 e. The molecule has 22 heavy (non-hydrogen) atoms. The number of hydrazine groups is 1. The fourth-order valence-electron chi connectivity index (χ4n) is 2.64. The minimum atomic E-state index is -0.226. The van der Waals surface area contributed by atoms with Crippen molar-refractivity contribution in [3.05, 3.63) is 66.3 Å². The lowest BCUT2D eigenvalue weighted by Gasteiger charge is -2.35. The van der Waals surface area contributed by atoms with Crippen LogP contribution in [-0.4, -0.2) is 17.6 Å². The highest BCUT2D eigenvalue weighted by atomic mass is 19.1. The molecule has 0 saturated carbocycles. The quantitative estimate of drug-likeness (QED) is 0.896. The molecule has 1 atom stereocenters. The second-order valence-corrected chi connectivity index (χ2v) is 6.67. The molecule has 0 saturated heterocycles. The van der Waals surface area contributed by atoms with E-state index in [1.807, 2.05) is 23.2 Å². The van der Waals surface area contributed by atoms with Gasteiger partial charge in [-0.1, -0.05) is 39.0 Å². The third-order valence-electron chi connectivity index (χ3n) is 3.90. The molecular weight excluding hydrogens is 277 g/mol. The summed E-state index contributed by atoms with van der Waals surface area (Å²) in [5.74, 6) is -0.226. The van der Waals surface area contributed by atoms with Crippen LogP contribution >= 0.6 is 0 Å². The molecule has 2 aliphatic heterocycles. The van der Waals surface area contributed by atoms with E-state index in [4.69, 9.17) is 0 Å². The van der Waals surface area contributed by atoms with Crippen molar-refractivity contribution >= 4 is 5.69 Å². The van der Waals surface area contributed by atoms with Gasteiger partial charge in [0, 0.05) is 23.9 Å². The predicted molar refractivity (Wildman–Crippen MR) is 88.3 cm³/mol. The van der Waals surface area contributed by atoms with Crippen LogP contribution in [0.3, 0.4) is 0 Å². The first-order chi connectivity index (χ1) is 10.4. The van der Waals surface area contributed by atoms with Gasteiger partial charge in [-0.2, -0.15) is 0 Å². The number of hydrogen-bond acceptors (Lipinski definition) is 3. The van der Waals surface area contributed by atoms with Crippen LogP contribution in [0.5, 0.6) is 0 Å². The summed E-state index contributed by atoms with van der Waals surface area (Å²) in [5.41, 5.74) is 5.43. The summed E-state index contributed by atoms with van der Waals surface area (Å²) in [6.45, 7) is 7.35. The fraction of sp³-hybridized carbons (Fsp3) is 0.333. The Morgan fingerprint density at radius 3 is 2.68 bits per heavy atom. The molecule has 2 aliphatic rings. The lowest BCUT2D eigenvalue weighted by atomic mass is 9.92. The first-order valence-electron chi connectivity index (χ1n) is 7.58. The number of benzene rings is 1. The van der Waals surface area contributed by atoms with Crippen molar-refractivity contribution in [2.24, 2.45) is 5.41 Å². The summed E-state index contributed by atoms with van der Waals surface area (Å²) in [5, 5.41) is 2.02. The number of anilines is 1. The van der Waals surface area contributed by atoms with Crippen molar-refractivity contribution in [1.29, 1.82) is 0 Å². The van der Waals surface area contributed by atoms with Gasteiger partial charge in [0.25, 0.3) is 0 Å². The number of hydrogen-bond donors (Lipinski definition) is 1. The Balaban J connectivity index is 1.94. The van der Waals surface area contributed by atoms with Crippen LogP contribution in [0.1, 0.15) is 20.8 Å². The Morgan fingerprint density at radius 2 is 2.05 bits per heavy atom. The van der Waals surface area contributed by atoms with Crippen LogP contribution in [0.25, 0.3) is 0 Å². The molecule has 116 valence electrons. The summed E-state index contributed by atoms with van der Waals surface area (Å²) >= 11 is 0. The van der Waals surface area contributed by atoms with Gasteiger partial charge in [-0.3, -0.25) is 10.4 Å². The van der Waals surface area contributed by atoms with Gasteiger partial charge in [-0.05, 0) is 30.4 Å². The van der Waals surface area contributed by atoms with E-state index in [2.05, 4.69) is 49.4 Å². The molecular formula is C18H22FN3. The van der Waals surface area contributed by atoms with Gasteiger partial charge in [-0.15, -0.1) is 0 Å². The van der Waals surface area contributed by atoms with E-state index in [0.29, 0.717) is 0 Å². The van der Waals surface area contributed by atoms with Crippen LogP contribution < -0.4 is 10.4 Å². The SMILES string of the molecule is CC(C)(C)C1=CC(N2C=CC=CC2)N(c2cccc(F)c2)N1. The average molecular weight is 299 g/mol. The molecule has 0 fully saturated rings. The molecule has 1 aromatic rings. The zero-order valence-electron chi connectivity index (χ0n) is 13.3. The summed E-state index contributed by atoms with van der Waals surface area (Å²) in [4.78, 5) is 2.22. The molecule has 4 heteroatoms. The van der Waals surface area contributed by atoms with Gasteiger partial charge in [0.15, 0.2) is 0 Å². The van der Waals surface area contributed by atoms with Crippen molar-refractivity contribution in [2.45, 2.75) is 26.9 Å². The first kappa shape index (κ1) is 14.7. The van der Waals surface area contributed by atoms with Crippen molar-refractivity contribution in [3.8, 4) is 0 Å². The highest BCUT2D eigenvalue weighted by Gasteiger charge is 2.33. The molecule has 3 rings (SSSR count). The molecule has 0 bridgehead atoms. The van der Waals surface area contributed by atoms with Gasteiger partial charge in [0.05, 0.1) is 5.69 Å². The molecule has 2 heterocycles. The molecule has 3 nitrogen and oxygen atoms in total. The maximum atomic E-state index is 13.6. The normalized spacial score (nSPS) is 21.1. The van der Waals surface area contributed by atoms with Gasteiger partial charge in [0.1, 0.15) is 12.0 Å². The Morgan fingerprint density at radius 1 is 1.23 bits per heavy atom. The first-order valence-corrected chi connectivity index (χ1v) is 7.58. The second-order valence-electron chi connectivity index (χ2n) is 6.67. The van der Waals surface area contributed by atoms with Crippen LogP contribution in [0.2, 0.25) is 0 Å². The summed E-state index contributed by atoms with van der Waals surface area (Å²) in [7, 11) is 0. The van der Waals surface area contributed by atoms with E-state index in [-0.39, 0.29) is 17.4 Å². The standard InChI is InChI=1S/C18H22FN3/c1-18(2,3)16-13-17(21-10-5-4-6-11-21)22(20-16)15-9-7-8-14(19)12-15/h4-10,12-13,17,20H,11H2,1-3H3. The van der Waals surface area contributed by atoms with Crippen LogP contribution in [-0.2, 0) is 0 Å². The fourth-order valence-corrected chi connectivity index (χ4v) is 2.64. The molecule has 0 radical (unpaired) electrons. The minimum absolute atomic E-state index is 0.00959. The van der Waals surface area contributed by atoms with E-state index in [1.54, 1.807) is 12.1 Å². The lowest BCUT2D eigenvalue weighted by Crippen LogP contribution is -2.48. The van der Waals surface area contributed by atoms with Crippen molar-refractivity contribution in [3.63, 3.8) is 0 Å². The van der Waals surface area contributed by atoms with Crippen molar-refractivity contribution < 1.29 is 4.39 Å². The topological polar surface area (TPSA) is 18.5 Å². The molecule has 1 unspecified atom stereocenters. The van der Waals surface area contributed by atoms with E-state index < -0.39 is 0 Å². The molecule has 1 aromatic carbocycles. The van der Waals surface area contributed by atoms with E-state index in [1.165, 1.54) is 6.07 Å². The van der Waals surface area contributed by atoms with Crippen LogP contribution in [0, 0.1) is 11.2 Å². The van der Waals surface area contributed by atoms with E-state index in [0.717, 1.165) is 17.9 Å². The number of rotatable bonds is 2. The zero-order chi connectivity index (χ0) is 15.7. The minimum Gasteiger partial charge on any atom is -0.349 e. The Hall–Kier alpha value is -2.23. The Labute approximate surface area is 131 Å². The van der Waals surface area contributed by atoms with Gasteiger partial charge >= 0.3 is 0 Å². The predicted octanol–water partition coefficient (Wildman–Crippen LogP) is 3.79. The van der Waals surface area contributed by atoms with Crippen molar-refractivity contribution in [1.82, 2.24) is 10.3 Å². The summed E-state index contributed by atoms with van der Waals surface area (Å²) < 4.78 is 13.6. The lowest BCUT2D eigenvalue weighted by molar-refractivity contribution is 0.335. The Bertz CT molecular complexity index is 640. The second kappa shape index (κ2) is 5.52. The monoisotopic (exact) mass is 299 g/mol. The summed E-state index contributed by atoms with van der Waals surface area (Å²) in [6, 6.07) is 6.69. The maximum Gasteiger partial charge on any atom is 0.142 e. The maximum absolute atomic E-state index is 13.6. The van der Waals surface area contributed by atoms with E-state index >= 15 is 0 Å². The highest BCUT2D eigenvalue weighted by molar-refractivity contribution is 5.51. The molecule has 1 N–H and O–H groups in total. The van der Waals surface area contributed by atoms with E-state index in [9.17, 15) is 4.39 Å².